The predicted molar refractivity (Wildman–Crippen MR) is 222 cm³/mol. The van der Waals surface area contributed by atoms with Gasteiger partial charge in [0.25, 0.3) is 0 Å². The molecule has 0 saturated heterocycles. The van der Waals surface area contributed by atoms with E-state index in [9.17, 15) is 15.3 Å². The Morgan fingerprint density at radius 2 is 0.706 bits per heavy atom. The Balaban J connectivity index is 3.45. The van der Waals surface area contributed by atoms with E-state index in [0.29, 0.717) is 0 Å². The van der Waals surface area contributed by atoms with E-state index in [4.69, 9.17) is 4.74 Å². The Hall–Kier alpha value is -1.10. The summed E-state index contributed by atoms with van der Waals surface area (Å²) in [4.78, 5) is 0. The molecule has 0 bridgehead atoms. The van der Waals surface area contributed by atoms with Crippen molar-refractivity contribution in [1.29, 1.82) is 0 Å². The van der Waals surface area contributed by atoms with Crippen LogP contribution in [0.15, 0.2) is 6.07 Å². The molecule has 0 unspecified atom stereocenters. The van der Waals surface area contributed by atoms with E-state index in [1.807, 2.05) is 0 Å². The third-order valence-electron chi connectivity index (χ3n) is 11.4. The van der Waals surface area contributed by atoms with E-state index in [1.54, 1.807) is 11.1 Å². The van der Waals surface area contributed by atoms with Crippen LogP contribution in [0.1, 0.15) is 230 Å². The molecular weight excluding hydrogens is 629 g/mol. The van der Waals surface area contributed by atoms with Crippen molar-refractivity contribution < 1.29 is 20.1 Å². The van der Waals surface area contributed by atoms with Crippen molar-refractivity contribution in [2.75, 3.05) is 26.4 Å². The largest absolute Gasteiger partial charge is 0.492 e. The summed E-state index contributed by atoms with van der Waals surface area (Å²) in [5.41, 5.74) is 5.03. The van der Waals surface area contributed by atoms with E-state index in [1.165, 1.54) is 197 Å². The SMILES string of the molecule is CCCCCCCCCc1cc(OCC(CO)(CO)CO)c(CCCCCCCCC)c(CCCCCCCCC)c1CCCCCCCCC. The fourth-order valence-electron chi connectivity index (χ4n) is 7.66. The number of hydrogen-bond acceptors (Lipinski definition) is 4. The molecule has 0 aliphatic heterocycles. The summed E-state index contributed by atoms with van der Waals surface area (Å²) in [6.45, 7) is 8.43. The molecule has 0 atom stereocenters. The molecule has 0 heterocycles. The predicted octanol–water partition coefficient (Wildman–Crippen LogP) is 13.2. The average molecular weight is 717 g/mol. The summed E-state index contributed by atoms with van der Waals surface area (Å²) in [7, 11) is 0. The Kier molecular flexibility index (Phi) is 31.4. The second kappa shape index (κ2) is 33.5. The molecule has 0 aromatic heterocycles. The molecule has 0 aliphatic carbocycles. The first-order valence-corrected chi connectivity index (χ1v) is 22.7. The van der Waals surface area contributed by atoms with Crippen molar-refractivity contribution in [3.8, 4) is 5.75 Å². The molecule has 0 saturated carbocycles. The van der Waals surface area contributed by atoms with Crippen LogP contribution < -0.4 is 4.74 Å². The minimum Gasteiger partial charge on any atom is -0.492 e. The molecule has 0 amide bonds. The van der Waals surface area contributed by atoms with Gasteiger partial charge in [-0.2, -0.15) is 0 Å². The van der Waals surface area contributed by atoms with Crippen molar-refractivity contribution >= 4 is 0 Å². The average Bonchev–Trinajstić information content (AvgIpc) is 3.15. The van der Waals surface area contributed by atoms with Gasteiger partial charge in [0.2, 0.25) is 0 Å². The van der Waals surface area contributed by atoms with Gasteiger partial charge in [0.15, 0.2) is 0 Å². The highest BCUT2D eigenvalue weighted by atomic mass is 16.5. The molecule has 0 radical (unpaired) electrons. The minimum absolute atomic E-state index is 0.130. The normalized spacial score (nSPS) is 11.9. The lowest BCUT2D eigenvalue weighted by molar-refractivity contribution is -0.0261. The Labute approximate surface area is 318 Å². The van der Waals surface area contributed by atoms with Crippen LogP contribution in [0.5, 0.6) is 5.75 Å². The van der Waals surface area contributed by atoms with Gasteiger partial charge < -0.3 is 20.1 Å². The highest BCUT2D eigenvalue weighted by Gasteiger charge is 2.30. The number of ether oxygens (including phenoxy) is 1. The molecule has 0 aliphatic rings. The fraction of sp³-hybridized carbons (Fsp3) is 0.872. The monoisotopic (exact) mass is 717 g/mol. The zero-order chi connectivity index (χ0) is 37.3. The fourth-order valence-corrected chi connectivity index (χ4v) is 7.66. The molecule has 1 aromatic rings. The van der Waals surface area contributed by atoms with Gasteiger partial charge in [0.1, 0.15) is 12.4 Å². The summed E-state index contributed by atoms with van der Waals surface area (Å²) in [6, 6.07) is 2.37. The number of aryl methyl sites for hydroxylation is 1. The van der Waals surface area contributed by atoms with Gasteiger partial charge in [0.05, 0.1) is 25.2 Å². The highest BCUT2D eigenvalue weighted by Crippen LogP contribution is 2.36. The van der Waals surface area contributed by atoms with Crippen LogP contribution in [-0.4, -0.2) is 41.7 Å². The summed E-state index contributed by atoms with van der Waals surface area (Å²) >= 11 is 0. The standard InChI is InChI=1S/C47H88O4/c1-5-9-13-17-21-25-29-33-42-37-46(51-41-47(38-48,39-49)40-50)45(36-32-28-24-20-16-12-8-4)44(35-31-27-23-19-15-11-7-3)43(42)34-30-26-22-18-14-10-6-2/h37,48-50H,5-36,38-41H2,1-4H3. The zero-order valence-corrected chi connectivity index (χ0v) is 34.8. The molecule has 0 fully saturated rings. The summed E-state index contributed by atoms with van der Waals surface area (Å²) in [5, 5.41) is 30.5. The maximum absolute atomic E-state index is 10.2. The van der Waals surface area contributed by atoms with Crippen LogP contribution in [0, 0.1) is 5.41 Å². The third-order valence-corrected chi connectivity index (χ3v) is 11.4. The number of unbranched alkanes of at least 4 members (excludes halogenated alkanes) is 24. The second-order valence-electron chi connectivity index (χ2n) is 16.2. The first-order valence-electron chi connectivity index (χ1n) is 22.7. The van der Waals surface area contributed by atoms with Gasteiger partial charge in [-0.1, -0.05) is 182 Å². The van der Waals surface area contributed by atoms with E-state index in [0.717, 1.165) is 25.0 Å². The number of rotatable bonds is 38. The number of hydrogen-bond donors (Lipinski definition) is 3. The van der Waals surface area contributed by atoms with Gasteiger partial charge in [0, 0.05) is 0 Å². The lowest BCUT2D eigenvalue weighted by Gasteiger charge is -2.29. The summed E-state index contributed by atoms with van der Waals surface area (Å²) in [5.74, 6) is 0.958. The lowest BCUT2D eigenvalue weighted by Crippen LogP contribution is -2.40. The van der Waals surface area contributed by atoms with E-state index in [-0.39, 0.29) is 26.4 Å². The van der Waals surface area contributed by atoms with Crippen molar-refractivity contribution in [2.45, 2.75) is 233 Å². The van der Waals surface area contributed by atoms with E-state index in [2.05, 4.69) is 33.8 Å². The summed E-state index contributed by atoms with van der Waals surface area (Å²) in [6.07, 6.45) is 41.1. The van der Waals surface area contributed by atoms with Crippen molar-refractivity contribution in [2.24, 2.45) is 5.41 Å². The molecular formula is C47H88O4. The Morgan fingerprint density at radius 1 is 0.392 bits per heavy atom. The minimum atomic E-state index is -1.04. The molecule has 1 aromatic carbocycles. The highest BCUT2D eigenvalue weighted by molar-refractivity contribution is 5.50. The molecule has 51 heavy (non-hydrogen) atoms. The Morgan fingerprint density at radius 3 is 1.08 bits per heavy atom. The molecule has 300 valence electrons. The van der Waals surface area contributed by atoms with Crippen LogP contribution in [0.2, 0.25) is 0 Å². The molecule has 1 rings (SSSR count). The van der Waals surface area contributed by atoms with Gasteiger partial charge >= 0.3 is 0 Å². The van der Waals surface area contributed by atoms with Crippen LogP contribution >= 0.6 is 0 Å². The van der Waals surface area contributed by atoms with Crippen LogP contribution in [0.25, 0.3) is 0 Å². The first kappa shape index (κ1) is 47.9. The van der Waals surface area contributed by atoms with Gasteiger partial charge in [-0.15, -0.1) is 0 Å². The van der Waals surface area contributed by atoms with Crippen molar-refractivity contribution in [1.82, 2.24) is 0 Å². The van der Waals surface area contributed by atoms with Gasteiger partial charge in [-0.3, -0.25) is 0 Å². The number of benzene rings is 1. The summed E-state index contributed by atoms with van der Waals surface area (Å²) < 4.78 is 6.67. The van der Waals surface area contributed by atoms with Gasteiger partial charge in [-0.05, 0) is 79.7 Å². The zero-order valence-electron chi connectivity index (χ0n) is 34.8. The second-order valence-corrected chi connectivity index (χ2v) is 16.2. The lowest BCUT2D eigenvalue weighted by atomic mass is 9.84. The topological polar surface area (TPSA) is 69.9 Å². The Bertz CT molecular complexity index is 900. The maximum atomic E-state index is 10.2. The van der Waals surface area contributed by atoms with E-state index >= 15 is 0 Å². The maximum Gasteiger partial charge on any atom is 0.123 e. The third kappa shape index (κ3) is 22.0. The van der Waals surface area contributed by atoms with Crippen LogP contribution in [0.3, 0.4) is 0 Å². The van der Waals surface area contributed by atoms with Crippen molar-refractivity contribution in [3.63, 3.8) is 0 Å². The molecule has 4 heteroatoms. The van der Waals surface area contributed by atoms with Crippen molar-refractivity contribution in [3.05, 3.63) is 28.3 Å². The molecule has 4 nitrogen and oxygen atoms in total. The number of aliphatic hydroxyl groups is 3. The van der Waals surface area contributed by atoms with Gasteiger partial charge in [-0.25, -0.2) is 0 Å². The smallest absolute Gasteiger partial charge is 0.123 e. The number of aliphatic hydroxyl groups excluding tert-OH is 3. The first-order chi connectivity index (χ1) is 25.1. The van der Waals surface area contributed by atoms with Crippen LogP contribution in [-0.2, 0) is 25.7 Å². The van der Waals surface area contributed by atoms with E-state index < -0.39 is 5.41 Å². The molecule has 3 N–H and O–H groups in total. The van der Waals surface area contributed by atoms with Crippen LogP contribution in [0.4, 0.5) is 0 Å². The molecule has 0 spiro atoms. The quantitative estimate of drug-likeness (QED) is 0.0596.